The molecule has 1 aromatic heterocycles. The van der Waals surface area contributed by atoms with Crippen LogP contribution in [0.1, 0.15) is 12.7 Å². The fraction of sp³-hybridized carbons (Fsp3) is 0.333. The molecule has 0 aliphatic carbocycles. The van der Waals surface area contributed by atoms with Crippen LogP contribution in [0.4, 0.5) is 17.6 Å². The third-order valence-electron chi connectivity index (χ3n) is 2.95. The fourth-order valence-electron chi connectivity index (χ4n) is 1.82. The molecule has 0 fully saturated rings. The smallest absolute Gasteiger partial charge is 0.426 e. The van der Waals surface area contributed by atoms with E-state index in [2.05, 4.69) is 0 Å². The summed E-state index contributed by atoms with van der Waals surface area (Å²) in [4.78, 5) is 0. The van der Waals surface area contributed by atoms with E-state index in [1.807, 2.05) is 0 Å². The molecular formula is C12H11F4NO2. The monoisotopic (exact) mass is 277 g/mol. The minimum absolute atomic E-state index is 0.0414. The van der Waals surface area contributed by atoms with Gasteiger partial charge >= 0.3 is 6.18 Å². The van der Waals surface area contributed by atoms with Gasteiger partial charge in [0.1, 0.15) is 17.2 Å². The largest absolute Gasteiger partial charge is 0.458 e. The molecule has 0 aliphatic rings. The number of rotatable bonds is 2. The minimum Gasteiger partial charge on any atom is -0.458 e. The number of furan rings is 1. The van der Waals surface area contributed by atoms with Crippen LogP contribution >= 0.6 is 0 Å². The van der Waals surface area contributed by atoms with Gasteiger partial charge in [-0.1, -0.05) is 0 Å². The van der Waals surface area contributed by atoms with E-state index in [-0.39, 0.29) is 11.0 Å². The third-order valence-corrected chi connectivity index (χ3v) is 2.95. The van der Waals surface area contributed by atoms with E-state index in [9.17, 15) is 22.7 Å². The number of hydrogen-bond acceptors (Lipinski definition) is 3. The standard InChI is InChI=1S/C12H11F4NO2/c1-6(17)11(18,12(14,15)16)10-5-7-4-8(13)2-3-9(7)19-10/h2-6,18H,17H2,1H3. The van der Waals surface area contributed by atoms with E-state index in [1.54, 1.807) is 0 Å². The highest BCUT2D eigenvalue weighted by Crippen LogP contribution is 2.42. The van der Waals surface area contributed by atoms with E-state index in [4.69, 9.17) is 10.2 Å². The van der Waals surface area contributed by atoms with Crippen LogP contribution in [0.25, 0.3) is 11.0 Å². The molecule has 0 radical (unpaired) electrons. The van der Waals surface area contributed by atoms with Gasteiger partial charge in [-0.05, 0) is 31.2 Å². The normalized spacial score (nSPS) is 17.4. The lowest BCUT2D eigenvalue weighted by atomic mass is 9.92. The molecular weight excluding hydrogens is 266 g/mol. The van der Waals surface area contributed by atoms with Crippen molar-refractivity contribution in [3.63, 3.8) is 0 Å². The number of fused-ring (bicyclic) bond motifs is 1. The van der Waals surface area contributed by atoms with Crippen LogP contribution in [-0.4, -0.2) is 17.3 Å². The third kappa shape index (κ3) is 2.08. The van der Waals surface area contributed by atoms with Crippen molar-refractivity contribution in [2.45, 2.75) is 24.7 Å². The van der Waals surface area contributed by atoms with Crippen LogP contribution in [0.5, 0.6) is 0 Å². The average Bonchev–Trinajstić information content (AvgIpc) is 2.68. The van der Waals surface area contributed by atoms with Gasteiger partial charge in [0, 0.05) is 11.4 Å². The molecule has 0 spiro atoms. The van der Waals surface area contributed by atoms with E-state index in [0.29, 0.717) is 0 Å². The van der Waals surface area contributed by atoms with Crippen LogP contribution in [0.3, 0.4) is 0 Å². The number of hydrogen-bond donors (Lipinski definition) is 2. The SMILES string of the molecule is CC(N)C(O)(c1cc2cc(F)ccc2o1)C(F)(F)F. The summed E-state index contributed by atoms with van der Waals surface area (Å²) in [5.41, 5.74) is 1.96. The molecule has 104 valence electrons. The first kappa shape index (κ1) is 13.8. The molecule has 1 heterocycles. The maximum absolute atomic E-state index is 13.0. The molecule has 2 unspecified atom stereocenters. The van der Waals surface area contributed by atoms with Crippen LogP contribution in [-0.2, 0) is 5.60 Å². The molecule has 3 nitrogen and oxygen atoms in total. The van der Waals surface area contributed by atoms with Crippen molar-refractivity contribution in [2.24, 2.45) is 5.73 Å². The van der Waals surface area contributed by atoms with Crippen LogP contribution in [0.15, 0.2) is 28.7 Å². The van der Waals surface area contributed by atoms with Crippen molar-refractivity contribution < 1.29 is 27.1 Å². The quantitative estimate of drug-likeness (QED) is 0.830. The summed E-state index contributed by atoms with van der Waals surface area (Å²) in [7, 11) is 0. The van der Waals surface area contributed by atoms with Gasteiger partial charge in [0.25, 0.3) is 0 Å². The number of nitrogens with two attached hydrogens (primary N) is 1. The molecule has 0 aliphatic heterocycles. The maximum atomic E-state index is 13.0. The van der Waals surface area contributed by atoms with Crippen molar-refractivity contribution in [1.29, 1.82) is 0 Å². The predicted octanol–water partition coefficient (Wildman–Crippen LogP) is 2.67. The summed E-state index contributed by atoms with van der Waals surface area (Å²) in [5, 5.41) is 9.95. The lowest BCUT2D eigenvalue weighted by Crippen LogP contribution is -2.54. The maximum Gasteiger partial charge on any atom is 0.426 e. The Morgan fingerprint density at radius 1 is 1.26 bits per heavy atom. The van der Waals surface area contributed by atoms with Gasteiger partial charge in [-0.3, -0.25) is 0 Å². The molecule has 7 heteroatoms. The Labute approximate surface area is 105 Å². The first-order chi connectivity index (χ1) is 8.66. The summed E-state index contributed by atoms with van der Waals surface area (Å²) < 4.78 is 56.9. The van der Waals surface area contributed by atoms with E-state index in [1.165, 1.54) is 6.07 Å². The second-order valence-electron chi connectivity index (χ2n) is 4.35. The Kier molecular flexibility index (Phi) is 3.06. The zero-order valence-electron chi connectivity index (χ0n) is 9.83. The minimum atomic E-state index is -5.01. The predicted molar refractivity (Wildman–Crippen MR) is 59.8 cm³/mol. The number of benzene rings is 1. The number of aliphatic hydroxyl groups is 1. The zero-order valence-corrected chi connectivity index (χ0v) is 9.83. The van der Waals surface area contributed by atoms with Gasteiger partial charge in [-0.2, -0.15) is 13.2 Å². The second-order valence-corrected chi connectivity index (χ2v) is 4.35. The first-order valence-electron chi connectivity index (χ1n) is 5.40. The summed E-state index contributed by atoms with van der Waals surface area (Å²) in [6, 6.07) is 2.55. The van der Waals surface area contributed by atoms with Gasteiger partial charge < -0.3 is 15.3 Å². The molecule has 0 saturated heterocycles. The molecule has 0 amide bonds. The van der Waals surface area contributed by atoms with Crippen molar-refractivity contribution in [1.82, 2.24) is 0 Å². The Morgan fingerprint density at radius 2 is 1.89 bits per heavy atom. The van der Waals surface area contributed by atoms with Crippen molar-refractivity contribution in [3.05, 3.63) is 35.8 Å². The number of halogens is 4. The lowest BCUT2D eigenvalue weighted by molar-refractivity contribution is -0.278. The first-order valence-corrected chi connectivity index (χ1v) is 5.40. The van der Waals surface area contributed by atoms with Crippen LogP contribution in [0.2, 0.25) is 0 Å². The highest BCUT2D eigenvalue weighted by atomic mass is 19.4. The Bertz CT molecular complexity index is 605. The molecule has 19 heavy (non-hydrogen) atoms. The van der Waals surface area contributed by atoms with Crippen molar-refractivity contribution in [2.75, 3.05) is 0 Å². The Morgan fingerprint density at radius 3 is 2.42 bits per heavy atom. The summed E-state index contributed by atoms with van der Waals surface area (Å²) in [6.07, 6.45) is -5.01. The van der Waals surface area contributed by atoms with Gasteiger partial charge in [0.15, 0.2) is 0 Å². The van der Waals surface area contributed by atoms with Crippen molar-refractivity contribution >= 4 is 11.0 Å². The zero-order chi connectivity index (χ0) is 14.4. The molecule has 2 aromatic rings. The van der Waals surface area contributed by atoms with Crippen LogP contribution in [0, 0.1) is 5.82 Å². The second kappa shape index (κ2) is 4.21. The average molecular weight is 277 g/mol. The summed E-state index contributed by atoms with van der Waals surface area (Å²) in [5.74, 6) is -1.37. The molecule has 0 bridgehead atoms. The van der Waals surface area contributed by atoms with Gasteiger partial charge in [-0.25, -0.2) is 4.39 Å². The Hall–Kier alpha value is -1.60. The molecule has 2 atom stereocenters. The highest BCUT2D eigenvalue weighted by Gasteiger charge is 2.59. The molecule has 1 aromatic carbocycles. The van der Waals surface area contributed by atoms with Crippen molar-refractivity contribution in [3.8, 4) is 0 Å². The highest BCUT2D eigenvalue weighted by molar-refractivity contribution is 5.78. The summed E-state index contributed by atoms with van der Waals surface area (Å²) >= 11 is 0. The van der Waals surface area contributed by atoms with Gasteiger partial charge in [0.2, 0.25) is 5.60 Å². The van der Waals surface area contributed by atoms with Gasteiger partial charge in [-0.15, -0.1) is 0 Å². The fourth-order valence-corrected chi connectivity index (χ4v) is 1.82. The molecule has 2 rings (SSSR count). The lowest BCUT2D eigenvalue weighted by Gasteiger charge is -2.31. The van der Waals surface area contributed by atoms with E-state index < -0.39 is 29.4 Å². The van der Waals surface area contributed by atoms with Gasteiger partial charge in [0.05, 0.1) is 0 Å². The number of alkyl halides is 3. The summed E-state index contributed by atoms with van der Waals surface area (Å²) in [6.45, 7) is 1.02. The molecule has 0 saturated carbocycles. The van der Waals surface area contributed by atoms with E-state index in [0.717, 1.165) is 25.1 Å². The topological polar surface area (TPSA) is 59.4 Å². The Balaban J connectivity index is 2.64. The molecule has 3 N–H and O–H groups in total. The van der Waals surface area contributed by atoms with E-state index >= 15 is 0 Å². The van der Waals surface area contributed by atoms with Crippen LogP contribution < -0.4 is 5.73 Å².